The third-order valence-corrected chi connectivity index (χ3v) is 4.24. The van der Waals surface area contributed by atoms with E-state index in [9.17, 15) is 9.90 Å². The molecule has 138 valence electrons. The molecule has 2 aromatic rings. The SMILES string of the molecule is COc1ccc(C(=O)N2CCOC[C@](O)(COc3ccccc3)C2)cc1. The van der Waals surface area contributed by atoms with Gasteiger partial charge in [0.1, 0.15) is 23.7 Å². The van der Waals surface area contributed by atoms with Crippen molar-refractivity contribution in [3.63, 3.8) is 0 Å². The monoisotopic (exact) mass is 357 g/mol. The predicted octanol–water partition coefficient (Wildman–Crippen LogP) is 1.98. The molecule has 0 aromatic heterocycles. The van der Waals surface area contributed by atoms with Gasteiger partial charge < -0.3 is 24.2 Å². The van der Waals surface area contributed by atoms with Crippen LogP contribution in [0.15, 0.2) is 54.6 Å². The van der Waals surface area contributed by atoms with Crippen LogP contribution in [0.25, 0.3) is 0 Å². The van der Waals surface area contributed by atoms with Crippen molar-refractivity contribution in [2.75, 3.05) is 40.0 Å². The molecule has 0 bridgehead atoms. The van der Waals surface area contributed by atoms with Crippen LogP contribution >= 0.6 is 0 Å². The van der Waals surface area contributed by atoms with E-state index in [2.05, 4.69) is 0 Å². The van der Waals surface area contributed by atoms with Crippen molar-refractivity contribution >= 4 is 5.91 Å². The fourth-order valence-electron chi connectivity index (χ4n) is 2.83. The lowest BCUT2D eigenvalue weighted by Crippen LogP contribution is -2.50. The highest BCUT2D eigenvalue weighted by atomic mass is 16.5. The molecule has 1 N–H and O–H groups in total. The number of methoxy groups -OCH3 is 1. The third-order valence-electron chi connectivity index (χ3n) is 4.24. The Bertz CT molecular complexity index is 719. The smallest absolute Gasteiger partial charge is 0.254 e. The number of amides is 1. The van der Waals surface area contributed by atoms with Crippen molar-refractivity contribution in [2.24, 2.45) is 0 Å². The Balaban J connectivity index is 1.68. The van der Waals surface area contributed by atoms with Crippen LogP contribution in [0.4, 0.5) is 0 Å². The quantitative estimate of drug-likeness (QED) is 0.886. The number of benzene rings is 2. The molecular formula is C20H23NO5. The molecule has 0 radical (unpaired) electrons. The van der Waals surface area contributed by atoms with E-state index in [1.54, 1.807) is 36.3 Å². The summed E-state index contributed by atoms with van der Waals surface area (Å²) in [5.41, 5.74) is -0.729. The fourth-order valence-corrected chi connectivity index (χ4v) is 2.83. The average Bonchev–Trinajstić information content (AvgIpc) is 2.89. The average molecular weight is 357 g/mol. The number of hydrogen-bond donors (Lipinski definition) is 1. The van der Waals surface area contributed by atoms with E-state index in [-0.39, 0.29) is 25.7 Å². The zero-order chi connectivity index (χ0) is 18.4. The molecule has 2 aromatic carbocycles. The Hall–Kier alpha value is -2.57. The lowest BCUT2D eigenvalue weighted by atomic mass is 10.1. The zero-order valence-corrected chi connectivity index (χ0v) is 14.8. The van der Waals surface area contributed by atoms with Gasteiger partial charge in [-0.25, -0.2) is 0 Å². The van der Waals surface area contributed by atoms with Crippen LogP contribution in [0.3, 0.4) is 0 Å². The normalized spacial score (nSPS) is 20.3. The molecule has 1 atom stereocenters. The molecule has 1 aliphatic heterocycles. The van der Waals surface area contributed by atoms with Gasteiger partial charge in [0.15, 0.2) is 0 Å². The summed E-state index contributed by atoms with van der Waals surface area (Å²) in [6.07, 6.45) is 0. The van der Waals surface area contributed by atoms with Crippen LogP contribution in [0, 0.1) is 0 Å². The minimum atomic E-state index is -1.27. The van der Waals surface area contributed by atoms with Gasteiger partial charge in [-0.15, -0.1) is 0 Å². The Morgan fingerprint density at radius 2 is 1.88 bits per heavy atom. The summed E-state index contributed by atoms with van der Waals surface area (Å²) in [4.78, 5) is 14.4. The lowest BCUT2D eigenvalue weighted by molar-refractivity contribution is -0.0621. The minimum absolute atomic E-state index is 0.0450. The highest BCUT2D eigenvalue weighted by Gasteiger charge is 2.35. The zero-order valence-electron chi connectivity index (χ0n) is 14.8. The maximum Gasteiger partial charge on any atom is 0.254 e. The Kier molecular flexibility index (Phi) is 5.75. The summed E-state index contributed by atoms with van der Waals surface area (Å²) >= 11 is 0. The molecule has 0 saturated carbocycles. The Labute approximate surface area is 152 Å². The highest BCUT2D eigenvalue weighted by Crippen LogP contribution is 2.19. The standard InChI is InChI=1S/C20H23NO5/c1-24-17-9-7-16(8-10-17)19(22)21-11-12-25-14-20(23,13-21)15-26-18-5-3-2-4-6-18/h2-10,23H,11-15H2,1H3/t20-/m0/s1. The van der Waals surface area contributed by atoms with Crippen molar-refractivity contribution in [3.05, 3.63) is 60.2 Å². The summed E-state index contributed by atoms with van der Waals surface area (Å²) in [5.74, 6) is 1.20. The van der Waals surface area contributed by atoms with Crippen molar-refractivity contribution in [1.29, 1.82) is 0 Å². The first-order valence-corrected chi connectivity index (χ1v) is 8.51. The number of para-hydroxylation sites is 1. The number of nitrogens with zero attached hydrogens (tertiary/aromatic N) is 1. The van der Waals surface area contributed by atoms with Crippen LogP contribution in [0.2, 0.25) is 0 Å². The van der Waals surface area contributed by atoms with Crippen molar-refractivity contribution < 1.29 is 24.1 Å². The molecular weight excluding hydrogens is 334 g/mol. The van der Waals surface area contributed by atoms with Gasteiger partial charge in [-0.05, 0) is 36.4 Å². The number of carbonyl (C=O) groups excluding carboxylic acids is 1. The van der Waals surface area contributed by atoms with E-state index in [4.69, 9.17) is 14.2 Å². The number of β-amino-alcohol motifs (C(OH)–C–C–N with tert-alkyl or cyclic N) is 1. The maximum atomic E-state index is 12.8. The second-order valence-electron chi connectivity index (χ2n) is 6.33. The van der Waals surface area contributed by atoms with Gasteiger partial charge in [0.25, 0.3) is 5.91 Å². The van der Waals surface area contributed by atoms with E-state index in [0.717, 1.165) is 0 Å². The second kappa shape index (κ2) is 8.21. The largest absolute Gasteiger partial charge is 0.497 e. The van der Waals surface area contributed by atoms with Gasteiger partial charge in [-0.1, -0.05) is 18.2 Å². The number of carbonyl (C=O) groups is 1. The van der Waals surface area contributed by atoms with Gasteiger partial charge in [0.2, 0.25) is 0 Å². The van der Waals surface area contributed by atoms with E-state index in [1.165, 1.54) is 0 Å². The van der Waals surface area contributed by atoms with Crippen molar-refractivity contribution in [2.45, 2.75) is 5.60 Å². The number of ether oxygens (including phenoxy) is 3. The van der Waals surface area contributed by atoms with Crippen molar-refractivity contribution in [3.8, 4) is 11.5 Å². The fraction of sp³-hybridized carbons (Fsp3) is 0.350. The molecule has 1 heterocycles. The van der Waals surface area contributed by atoms with Gasteiger partial charge in [0, 0.05) is 12.1 Å². The molecule has 1 aliphatic rings. The molecule has 1 fully saturated rings. The Morgan fingerprint density at radius 3 is 2.58 bits per heavy atom. The van der Waals surface area contributed by atoms with Crippen LogP contribution in [0.5, 0.6) is 11.5 Å². The van der Waals surface area contributed by atoms with E-state index >= 15 is 0 Å². The van der Waals surface area contributed by atoms with Gasteiger partial charge in [-0.2, -0.15) is 0 Å². The molecule has 0 aliphatic carbocycles. The number of aliphatic hydroxyl groups is 1. The summed E-state index contributed by atoms with van der Waals surface area (Å²) in [5, 5.41) is 10.9. The summed E-state index contributed by atoms with van der Waals surface area (Å²) < 4.78 is 16.3. The molecule has 0 spiro atoms. The van der Waals surface area contributed by atoms with Gasteiger partial charge >= 0.3 is 0 Å². The predicted molar refractivity (Wildman–Crippen MR) is 96.6 cm³/mol. The molecule has 1 amide bonds. The summed E-state index contributed by atoms with van der Waals surface area (Å²) in [6, 6.07) is 16.2. The van der Waals surface area contributed by atoms with Crippen molar-refractivity contribution in [1.82, 2.24) is 4.90 Å². The molecule has 1 saturated heterocycles. The molecule has 3 rings (SSSR count). The first-order chi connectivity index (χ1) is 12.6. The number of hydrogen-bond acceptors (Lipinski definition) is 5. The molecule has 0 unspecified atom stereocenters. The van der Waals surface area contributed by atoms with Crippen LogP contribution in [0.1, 0.15) is 10.4 Å². The van der Waals surface area contributed by atoms with Crippen LogP contribution < -0.4 is 9.47 Å². The summed E-state index contributed by atoms with van der Waals surface area (Å²) in [7, 11) is 1.58. The Morgan fingerprint density at radius 1 is 1.15 bits per heavy atom. The molecule has 6 nitrogen and oxygen atoms in total. The van der Waals surface area contributed by atoms with E-state index in [1.807, 2.05) is 30.3 Å². The second-order valence-corrected chi connectivity index (χ2v) is 6.33. The molecule has 26 heavy (non-hydrogen) atoms. The first-order valence-electron chi connectivity index (χ1n) is 8.51. The summed E-state index contributed by atoms with van der Waals surface area (Å²) in [6.45, 7) is 1.09. The topological polar surface area (TPSA) is 68.2 Å². The third kappa shape index (κ3) is 4.53. The van der Waals surface area contributed by atoms with Gasteiger partial charge in [-0.3, -0.25) is 4.79 Å². The molecule has 6 heteroatoms. The minimum Gasteiger partial charge on any atom is -0.497 e. The van der Waals surface area contributed by atoms with E-state index < -0.39 is 5.60 Å². The van der Waals surface area contributed by atoms with Crippen LogP contribution in [-0.2, 0) is 4.74 Å². The van der Waals surface area contributed by atoms with Gasteiger partial charge in [0.05, 0.1) is 26.9 Å². The van der Waals surface area contributed by atoms with E-state index in [0.29, 0.717) is 30.2 Å². The highest BCUT2D eigenvalue weighted by molar-refractivity contribution is 5.94. The number of rotatable bonds is 5. The maximum absolute atomic E-state index is 12.8. The lowest BCUT2D eigenvalue weighted by Gasteiger charge is -2.30. The van der Waals surface area contributed by atoms with Crippen LogP contribution in [-0.4, -0.2) is 61.5 Å². The first kappa shape index (κ1) is 18.2.